The van der Waals surface area contributed by atoms with Crippen molar-refractivity contribution in [1.82, 2.24) is 5.32 Å². The van der Waals surface area contributed by atoms with Crippen molar-refractivity contribution >= 4 is 17.4 Å². The van der Waals surface area contributed by atoms with Gasteiger partial charge in [0.1, 0.15) is 11.6 Å². The molecule has 0 atom stereocenters. The van der Waals surface area contributed by atoms with Gasteiger partial charge in [-0.3, -0.25) is 0 Å². The van der Waals surface area contributed by atoms with E-state index in [4.69, 9.17) is 0 Å². The van der Waals surface area contributed by atoms with E-state index in [9.17, 15) is 13.6 Å². The summed E-state index contributed by atoms with van der Waals surface area (Å²) in [6.45, 7) is 5.84. The van der Waals surface area contributed by atoms with Crippen LogP contribution in [-0.4, -0.2) is 25.7 Å². The molecule has 2 amide bonds. The van der Waals surface area contributed by atoms with Crippen LogP contribution in [0.3, 0.4) is 0 Å². The van der Waals surface area contributed by atoms with Crippen molar-refractivity contribution < 1.29 is 13.6 Å². The maximum atomic E-state index is 13.5. The lowest BCUT2D eigenvalue weighted by molar-refractivity contribution is 0.252. The second-order valence-corrected chi connectivity index (χ2v) is 5.42. The second-order valence-electron chi connectivity index (χ2n) is 5.42. The van der Waals surface area contributed by atoms with Gasteiger partial charge in [-0.1, -0.05) is 12.1 Å². The number of benzene rings is 2. The van der Waals surface area contributed by atoms with Gasteiger partial charge in [0.25, 0.3) is 0 Å². The summed E-state index contributed by atoms with van der Waals surface area (Å²) in [6, 6.07) is 10.4. The molecule has 0 fully saturated rings. The predicted octanol–water partition coefficient (Wildman–Crippen LogP) is 3.92. The first-order valence-corrected chi connectivity index (χ1v) is 7.81. The molecule has 0 heterocycles. The molecular formula is C18H21F2N3O. The van der Waals surface area contributed by atoms with Gasteiger partial charge in [0.15, 0.2) is 0 Å². The van der Waals surface area contributed by atoms with Crippen LogP contribution in [0.5, 0.6) is 0 Å². The Hall–Kier alpha value is -2.63. The topological polar surface area (TPSA) is 44.4 Å². The molecule has 0 aromatic heterocycles. The number of hydrogen-bond donors (Lipinski definition) is 2. The maximum absolute atomic E-state index is 13.5. The fourth-order valence-corrected chi connectivity index (χ4v) is 2.36. The molecule has 0 saturated carbocycles. The quantitative estimate of drug-likeness (QED) is 0.841. The van der Waals surface area contributed by atoms with Crippen LogP contribution in [0.4, 0.5) is 25.0 Å². The number of nitrogens with one attached hydrogen (secondary N) is 2. The monoisotopic (exact) mass is 333 g/mol. The molecule has 2 N–H and O–H groups in total. The van der Waals surface area contributed by atoms with Crippen molar-refractivity contribution in [3.05, 3.63) is 59.7 Å². The fourth-order valence-electron chi connectivity index (χ4n) is 2.36. The zero-order valence-electron chi connectivity index (χ0n) is 13.8. The molecule has 0 aliphatic carbocycles. The van der Waals surface area contributed by atoms with Crippen molar-refractivity contribution in [1.29, 1.82) is 0 Å². The number of likely N-dealkylation sites (N-methyl/N-ethyl adjacent to an activating group) is 1. The van der Waals surface area contributed by atoms with Crippen LogP contribution < -0.4 is 15.5 Å². The Bertz CT molecular complexity index is 706. The van der Waals surface area contributed by atoms with Gasteiger partial charge in [0, 0.05) is 31.4 Å². The van der Waals surface area contributed by atoms with E-state index in [2.05, 4.69) is 21.6 Å². The maximum Gasteiger partial charge on any atom is 0.319 e. The lowest BCUT2D eigenvalue weighted by Gasteiger charge is -2.23. The van der Waals surface area contributed by atoms with Gasteiger partial charge in [-0.15, -0.1) is 0 Å². The van der Waals surface area contributed by atoms with Gasteiger partial charge in [0.05, 0.1) is 5.69 Å². The van der Waals surface area contributed by atoms with Crippen LogP contribution in [0.2, 0.25) is 0 Å². The molecule has 6 heteroatoms. The summed E-state index contributed by atoms with van der Waals surface area (Å²) in [4.78, 5) is 13.9. The molecule has 0 saturated heterocycles. The van der Waals surface area contributed by atoms with Crippen LogP contribution in [0, 0.1) is 18.6 Å². The zero-order valence-corrected chi connectivity index (χ0v) is 13.8. The molecule has 4 nitrogen and oxygen atoms in total. The summed E-state index contributed by atoms with van der Waals surface area (Å²) >= 11 is 0. The van der Waals surface area contributed by atoms with Gasteiger partial charge < -0.3 is 15.5 Å². The number of aryl methyl sites for hydroxylation is 1. The first-order valence-electron chi connectivity index (χ1n) is 7.81. The van der Waals surface area contributed by atoms with E-state index in [1.54, 1.807) is 0 Å². The van der Waals surface area contributed by atoms with Gasteiger partial charge in [-0.05, 0) is 43.7 Å². The van der Waals surface area contributed by atoms with E-state index in [-0.39, 0.29) is 5.69 Å². The summed E-state index contributed by atoms with van der Waals surface area (Å²) in [7, 11) is 0. The Morgan fingerprint density at radius 1 is 1.17 bits per heavy atom. The van der Waals surface area contributed by atoms with Crippen molar-refractivity contribution in [3.63, 3.8) is 0 Å². The van der Waals surface area contributed by atoms with E-state index in [1.807, 2.05) is 32.0 Å². The van der Waals surface area contributed by atoms with Crippen molar-refractivity contribution in [2.45, 2.75) is 13.8 Å². The summed E-state index contributed by atoms with van der Waals surface area (Å²) in [5.41, 5.74) is 2.06. The van der Waals surface area contributed by atoms with Crippen LogP contribution in [0.1, 0.15) is 12.5 Å². The standard InChI is InChI=1S/C18H21F2N3O/c1-3-23(15-6-4-5-13(2)11-15)10-9-21-18(24)22-17-12-14(19)7-8-16(17)20/h4-8,11-12H,3,9-10H2,1-2H3,(H2,21,22,24). The highest BCUT2D eigenvalue weighted by atomic mass is 19.1. The van der Waals surface area contributed by atoms with Gasteiger partial charge >= 0.3 is 6.03 Å². The summed E-state index contributed by atoms with van der Waals surface area (Å²) in [5, 5.41) is 4.95. The molecule has 128 valence electrons. The van der Waals surface area contributed by atoms with E-state index in [0.29, 0.717) is 13.1 Å². The van der Waals surface area contributed by atoms with E-state index in [0.717, 1.165) is 30.4 Å². The number of nitrogens with zero attached hydrogens (tertiary/aromatic N) is 1. The molecular weight excluding hydrogens is 312 g/mol. The molecule has 2 aromatic rings. The Labute approximate surface area is 140 Å². The van der Waals surface area contributed by atoms with Gasteiger partial charge in [-0.25, -0.2) is 13.6 Å². The Morgan fingerprint density at radius 3 is 2.67 bits per heavy atom. The lowest BCUT2D eigenvalue weighted by atomic mass is 10.2. The molecule has 0 aliphatic rings. The predicted molar refractivity (Wildman–Crippen MR) is 92.4 cm³/mol. The largest absolute Gasteiger partial charge is 0.370 e. The Morgan fingerprint density at radius 2 is 1.96 bits per heavy atom. The highest BCUT2D eigenvalue weighted by Crippen LogP contribution is 2.16. The highest BCUT2D eigenvalue weighted by Gasteiger charge is 2.09. The third kappa shape index (κ3) is 4.94. The molecule has 2 rings (SSSR count). The van der Waals surface area contributed by atoms with Crippen LogP contribution in [0.15, 0.2) is 42.5 Å². The average molecular weight is 333 g/mol. The Kier molecular flexibility index (Phi) is 6.12. The number of carbonyl (C=O) groups is 1. The zero-order chi connectivity index (χ0) is 17.5. The third-order valence-corrected chi connectivity index (χ3v) is 3.59. The molecule has 0 radical (unpaired) electrons. The van der Waals surface area contributed by atoms with E-state index >= 15 is 0 Å². The SMILES string of the molecule is CCN(CCNC(=O)Nc1cc(F)ccc1F)c1cccc(C)c1. The minimum absolute atomic E-state index is 0.182. The highest BCUT2D eigenvalue weighted by molar-refractivity contribution is 5.89. The lowest BCUT2D eigenvalue weighted by Crippen LogP contribution is -2.37. The third-order valence-electron chi connectivity index (χ3n) is 3.59. The average Bonchev–Trinajstić information content (AvgIpc) is 2.55. The summed E-state index contributed by atoms with van der Waals surface area (Å²) in [5.74, 6) is -1.29. The molecule has 0 unspecified atom stereocenters. The van der Waals surface area contributed by atoms with Gasteiger partial charge in [-0.2, -0.15) is 0 Å². The first-order chi connectivity index (χ1) is 11.5. The summed E-state index contributed by atoms with van der Waals surface area (Å²) < 4.78 is 26.6. The minimum atomic E-state index is -0.679. The minimum Gasteiger partial charge on any atom is -0.370 e. The van der Waals surface area contributed by atoms with E-state index in [1.165, 1.54) is 5.56 Å². The molecule has 0 bridgehead atoms. The summed E-state index contributed by atoms with van der Waals surface area (Å²) in [6.07, 6.45) is 0. The smallest absolute Gasteiger partial charge is 0.319 e. The second kappa shape index (κ2) is 8.29. The number of urea groups is 1. The molecule has 2 aromatic carbocycles. The van der Waals surface area contributed by atoms with Crippen molar-refractivity contribution in [3.8, 4) is 0 Å². The number of rotatable bonds is 6. The fraction of sp³-hybridized carbons (Fsp3) is 0.278. The number of halogens is 2. The van der Waals surface area contributed by atoms with Crippen molar-refractivity contribution in [2.24, 2.45) is 0 Å². The van der Waals surface area contributed by atoms with Crippen molar-refractivity contribution in [2.75, 3.05) is 29.9 Å². The number of amides is 2. The number of anilines is 2. The normalized spacial score (nSPS) is 10.3. The van der Waals surface area contributed by atoms with Crippen LogP contribution >= 0.6 is 0 Å². The van der Waals surface area contributed by atoms with Crippen LogP contribution in [0.25, 0.3) is 0 Å². The first kappa shape index (κ1) is 17.7. The molecule has 24 heavy (non-hydrogen) atoms. The number of carbonyl (C=O) groups excluding carboxylic acids is 1. The van der Waals surface area contributed by atoms with Gasteiger partial charge in [0.2, 0.25) is 0 Å². The Balaban J connectivity index is 1.86. The van der Waals surface area contributed by atoms with E-state index < -0.39 is 17.7 Å². The molecule has 0 spiro atoms. The number of hydrogen-bond acceptors (Lipinski definition) is 2. The van der Waals surface area contributed by atoms with Crippen LogP contribution in [-0.2, 0) is 0 Å². The molecule has 0 aliphatic heterocycles.